The summed E-state index contributed by atoms with van der Waals surface area (Å²) in [5, 5.41) is 5.04. The highest BCUT2D eigenvalue weighted by atomic mass is 32.1. The van der Waals surface area contributed by atoms with Crippen molar-refractivity contribution in [3.8, 4) is 0 Å². The van der Waals surface area contributed by atoms with Crippen LogP contribution in [0.1, 0.15) is 45.4 Å². The van der Waals surface area contributed by atoms with Crippen molar-refractivity contribution in [2.75, 3.05) is 0 Å². The molecule has 0 saturated heterocycles. The van der Waals surface area contributed by atoms with Crippen molar-refractivity contribution >= 4 is 17.2 Å². The molecule has 2 aromatic rings. The van der Waals surface area contributed by atoms with Gasteiger partial charge in [0.1, 0.15) is 5.76 Å². The highest BCUT2D eigenvalue weighted by Gasteiger charge is 2.26. The van der Waals surface area contributed by atoms with Gasteiger partial charge >= 0.3 is 0 Å². The number of hydrogen-bond donors (Lipinski definition) is 1. The van der Waals surface area contributed by atoms with E-state index in [1.165, 1.54) is 16.9 Å². The molecule has 0 aromatic carbocycles. The van der Waals surface area contributed by atoms with Gasteiger partial charge in [-0.15, -0.1) is 11.3 Å². The fourth-order valence-corrected chi connectivity index (χ4v) is 3.19. The van der Waals surface area contributed by atoms with Crippen molar-refractivity contribution in [1.29, 1.82) is 0 Å². The van der Waals surface area contributed by atoms with Gasteiger partial charge in [-0.05, 0) is 36.8 Å². The van der Waals surface area contributed by atoms with E-state index in [1.54, 1.807) is 6.26 Å². The monoisotopic (exact) mass is 261 g/mol. The van der Waals surface area contributed by atoms with Crippen LogP contribution in [-0.4, -0.2) is 5.91 Å². The van der Waals surface area contributed by atoms with Crippen molar-refractivity contribution in [2.24, 2.45) is 0 Å². The fraction of sp³-hybridized carbons (Fsp3) is 0.357. The molecule has 94 valence electrons. The van der Waals surface area contributed by atoms with Crippen molar-refractivity contribution in [2.45, 2.75) is 32.2 Å². The molecule has 0 spiro atoms. The predicted octanol–water partition coefficient (Wildman–Crippen LogP) is 3.46. The molecule has 2 heterocycles. The Morgan fingerprint density at radius 2 is 2.44 bits per heavy atom. The maximum absolute atomic E-state index is 12.1. The molecular weight excluding hydrogens is 246 g/mol. The zero-order valence-corrected chi connectivity index (χ0v) is 11.0. The van der Waals surface area contributed by atoms with Crippen LogP contribution in [0.2, 0.25) is 0 Å². The average molecular weight is 261 g/mol. The minimum atomic E-state index is 0.0171. The molecule has 3 nitrogen and oxygen atoms in total. The van der Waals surface area contributed by atoms with Crippen LogP contribution in [0, 0.1) is 6.92 Å². The third-order valence-electron chi connectivity index (χ3n) is 3.40. The molecule has 0 bridgehead atoms. The van der Waals surface area contributed by atoms with Crippen molar-refractivity contribution < 1.29 is 9.21 Å². The summed E-state index contributed by atoms with van der Waals surface area (Å²) in [5.41, 5.74) is 2.33. The van der Waals surface area contributed by atoms with Gasteiger partial charge in [-0.3, -0.25) is 4.79 Å². The number of aryl methyl sites for hydroxylation is 2. The maximum atomic E-state index is 12.1. The fourth-order valence-electron chi connectivity index (χ4n) is 2.56. The summed E-state index contributed by atoms with van der Waals surface area (Å²) in [4.78, 5) is 12.9. The molecule has 3 rings (SSSR count). The molecule has 0 unspecified atom stereocenters. The van der Waals surface area contributed by atoms with E-state index < -0.39 is 0 Å². The van der Waals surface area contributed by atoms with E-state index in [9.17, 15) is 4.79 Å². The van der Waals surface area contributed by atoms with Crippen LogP contribution in [0.5, 0.6) is 0 Å². The zero-order chi connectivity index (χ0) is 12.5. The first-order valence-electron chi connectivity index (χ1n) is 6.17. The van der Waals surface area contributed by atoms with Gasteiger partial charge in [0.05, 0.1) is 17.2 Å². The third-order valence-corrected chi connectivity index (χ3v) is 4.27. The summed E-state index contributed by atoms with van der Waals surface area (Å²) < 4.78 is 5.54. The summed E-state index contributed by atoms with van der Waals surface area (Å²) in [6, 6.07) is 3.85. The minimum absolute atomic E-state index is 0.0171. The molecule has 0 radical (unpaired) electrons. The Morgan fingerprint density at radius 3 is 3.22 bits per heavy atom. The van der Waals surface area contributed by atoms with Crippen LogP contribution in [0.4, 0.5) is 0 Å². The summed E-state index contributed by atoms with van der Waals surface area (Å²) in [6.45, 7) is 2.04. The van der Waals surface area contributed by atoms with E-state index in [1.807, 2.05) is 24.4 Å². The van der Waals surface area contributed by atoms with Crippen molar-refractivity contribution in [3.05, 3.63) is 45.5 Å². The van der Waals surface area contributed by atoms with Crippen LogP contribution in [-0.2, 0) is 6.42 Å². The quantitative estimate of drug-likeness (QED) is 0.899. The smallest absolute Gasteiger partial charge is 0.261 e. The lowest BCUT2D eigenvalue weighted by atomic mass is 9.91. The second-order valence-electron chi connectivity index (χ2n) is 4.65. The Balaban J connectivity index is 1.82. The standard InChI is InChI=1S/C14H15NO2S/c1-9-8-17-11-5-2-4-10(13(9)11)15-14(16)12-6-3-7-18-12/h3,6-8,10H,2,4-5H2,1H3,(H,15,16)/t10-/m1/s1. The van der Waals surface area contributed by atoms with Gasteiger partial charge in [-0.2, -0.15) is 0 Å². The van der Waals surface area contributed by atoms with Crippen molar-refractivity contribution in [1.82, 2.24) is 5.32 Å². The molecule has 0 fully saturated rings. The molecule has 4 heteroatoms. The van der Waals surface area contributed by atoms with E-state index >= 15 is 0 Å². The number of amides is 1. The van der Waals surface area contributed by atoms with Gasteiger partial charge in [-0.1, -0.05) is 6.07 Å². The van der Waals surface area contributed by atoms with Gasteiger partial charge in [0.2, 0.25) is 0 Å². The SMILES string of the molecule is Cc1coc2c1[C@H](NC(=O)c1cccs1)CCC2. The molecule has 1 N–H and O–H groups in total. The minimum Gasteiger partial charge on any atom is -0.469 e. The molecule has 1 aliphatic rings. The average Bonchev–Trinajstić information content (AvgIpc) is 3.00. The van der Waals surface area contributed by atoms with Gasteiger partial charge in [0, 0.05) is 12.0 Å². The molecule has 1 amide bonds. The number of carbonyl (C=O) groups is 1. The predicted molar refractivity (Wildman–Crippen MR) is 70.9 cm³/mol. The summed E-state index contributed by atoms with van der Waals surface area (Å²) in [5.74, 6) is 1.05. The van der Waals surface area contributed by atoms with Crippen LogP contribution >= 0.6 is 11.3 Å². The largest absolute Gasteiger partial charge is 0.469 e. The molecule has 0 saturated carbocycles. The molecule has 1 atom stereocenters. The number of nitrogens with one attached hydrogen (secondary N) is 1. The maximum Gasteiger partial charge on any atom is 0.261 e. The molecule has 1 aliphatic carbocycles. The number of hydrogen-bond acceptors (Lipinski definition) is 3. The normalized spacial score (nSPS) is 18.4. The van der Waals surface area contributed by atoms with Gasteiger partial charge in [0.15, 0.2) is 0 Å². The zero-order valence-electron chi connectivity index (χ0n) is 10.2. The molecule has 2 aromatic heterocycles. The van der Waals surface area contributed by atoms with Crippen molar-refractivity contribution in [3.63, 3.8) is 0 Å². The topological polar surface area (TPSA) is 42.2 Å². The Bertz CT molecular complexity index is 556. The van der Waals surface area contributed by atoms with Crippen LogP contribution in [0.25, 0.3) is 0 Å². The Morgan fingerprint density at radius 1 is 1.56 bits per heavy atom. The lowest BCUT2D eigenvalue weighted by Gasteiger charge is -2.23. The molecule has 0 aliphatic heterocycles. The first-order chi connectivity index (χ1) is 8.75. The first kappa shape index (κ1) is 11.5. The lowest BCUT2D eigenvalue weighted by molar-refractivity contribution is 0.0936. The van der Waals surface area contributed by atoms with Gasteiger partial charge in [0.25, 0.3) is 5.91 Å². The van der Waals surface area contributed by atoms with E-state index in [0.29, 0.717) is 0 Å². The van der Waals surface area contributed by atoms with Gasteiger partial charge < -0.3 is 9.73 Å². The van der Waals surface area contributed by atoms with E-state index in [-0.39, 0.29) is 11.9 Å². The first-order valence-corrected chi connectivity index (χ1v) is 7.05. The second kappa shape index (κ2) is 4.61. The van der Waals surface area contributed by atoms with E-state index in [0.717, 1.165) is 35.5 Å². The number of rotatable bonds is 2. The highest BCUT2D eigenvalue weighted by Crippen LogP contribution is 2.33. The lowest BCUT2D eigenvalue weighted by Crippen LogP contribution is -2.30. The van der Waals surface area contributed by atoms with Crippen LogP contribution in [0.15, 0.2) is 28.2 Å². The van der Waals surface area contributed by atoms with Crippen LogP contribution < -0.4 is 5.32 Å². The van der Waals surface area contributed by atoms with Crippen LogP contribution in [0.3, 0.4) is 0 Å². The third kappa shape index (κ3) is 1.97. The number of furan rings is 1. The summed E-state index contributed by atoms with van der Waals surface area (Å²) in [7, 11) is 0. The van der Waals surface area contributed by atoms with Gasteiger partial charge in [-0.25, -0.2) is 0 Å². The molecule has 18 heavy (non-hydrogen) atoms. The summed E-state index contributed by atoms with van der Waals surface area (Å²) >= 11 is 1.47. The number of carbonyl (C=O) groups excluding carboxylic acids is 1. The van der Waals surface area contributed by atoms with E-state index in [4.69, 9.17) is 4.42 Å². The Hall–Kier alpha value is -1.55. The second-order valence-corrected chi connectivity index (χ2v) is 5.60. The summed E-state index contributed by atoms with van der Waals surface area (Å²) in [6.07, 6.45) is 4.83. The molecular formula is C14H15NO2S. The Kier molecular flexibility index (Phi) is 2.96. The number of fused-ring (bicyclic) bond motifs is 1. The van der Waals surface area contributed by atoms with E-state index in [2.05, 4.69) is 5.32 Å². The highest BCUT2D eigenvalue weighted by molar-refractivity contribution is 7.12. The Labute approximate surface area is 110 Å². The number of thiophene rings is 1.